The van der Waals surface area contributed by atoms with Gasteiger partial charge in [0.15, 0.2) is 0 Å². The predicted molar refractivity (Wildman–Crippen MR) is 80.7 cm³/mol. The predicted octanol–water partition coefficient (Wildman–Crippen LogP) is 3.16. The lowest BCUT2D eigenvalue weighted by Gasteiger charge is -2.18. The maximum Gasteiger partial charge on any atom is 0.337 e. The summed E-state index contributed by atoms with van der Waals surface area (Å²) in [6.07, 6.45) is 2.01. The van der Waals surface area contributed by atoms with E-state index in [4.69, 9.17) is 0 Å². The summed E-state index contributed by atoms with van der Waals surface area (Å²) in [5, 5.41) is 13.8. The molecule has 0 spiro atoms. The Labute approximate surface area is 122 Å². The fourth-order valence-electron chi connectivity index (χ4n) is 2.35. The van der Waals surface area contributed by atoms with Crippen LogP contribution >= 0.6 is 0 Å². The molecule has 1 aliphatic rings. The first-order chi connectivity index (χ1) is 10.1. The third-order valence-electron chi connectivity index (χ3n) is 3.77. The summed E-state index contributed by atoms with van der Waals surface area (Å²) >= 11 is 0. The third kappa shape index (κ3) is 2.67. The van der Waals surface area contributed by atoms with E-state index >= 15 is 0 Å². The molecule has 0 aliphatic heterocycles. The molecule has 1 saturated carbocycles. The van der Waals surface area contributed by atoms with Crippen molar-refractivity contribution < 1.29 is 14.7 Å². The molecular formula is C16H16N2O3. The van der Waals surface area contributed by atoms with Crippen molar-refractivity contribution in [2.75, 3.05) is 12.4 Å². The Morgan fingerprint density at radius 1 is 1.19 bits per heavy atom. The number of rotatable bonds is 3. The van der Waals surface area contributed by atoms with Crippen molar-refractivity contribution in [2.24, 2.45) is 0 Å². The first-order valence-electron chi connectivity index (χ1n) is 6.86. The summed E-state index contributed by atoms with van der Waals surface area (Å²) in [5.41, 5.74) is 0.435. The van der Waals surface area contributed by atoms with Crippen LogP contribution in [0.3, 0.4) is 0 Å². The van der Waals surface area contributed by atoms with Gasteiger partial charge in [-0.2, -0.15) is 0 Å². The van der Waals surface area contributed by atoms with Crippen LogP contribution in [0.5, 0.6) is 0 Å². The van der Waals surface area contributed by atoms with Crippen molar-refractivity contribution in [3.05, 3.63) is 42.0 Å². The number of amides is 2. The van der Waals surface area contributed by atoms with E-state index < -0.39 is 5.97 Å². The molecule has 108 valence electrons. The summed E-state index contributed by atoms with van der Waals surface area (Å²) < 4.78 is 0. The molecule has 1 fully saturated rings. The van der Waals surface area contributed by atoms with Crippen molar-refractivity contribution >= 4 is 28.5 Å². The minimum absolute atomic E-state index is 0.103. The number of carbonyl (C=O) groups excluding carboxylic acids is 1. The molecule has 3 rings (SSSR count). The molecule has 21 heavy (non-hydrogen) atoms. The second-order valence-corrected chi connectivity index (χ2v) is 5.32. The van der Waals surface area contributed by atoms with E-state index in [1.807, 2.05) is 24.3 Å². The Hall–Kier alpha value is -2.56. The average Bonchev–Trinajstić information content (AvgIpc) is 3.30. The quantitative estimate of drug-likeness (QED) is 0.909. The van der Waals surface area contributed by atoms with Gasteiger partial charge in [0.1, 0.15) is 0 Å². The smallest absolute Gasteiger partial charge is 0.337 e. The maximum absolute atomic E-state index is 12.1. The number of nitrogens with one attached hydrogen (secondary N) is 1. The van der Waals surface area contributed by atoms with Gasteiger partial charge in [-0.15, -0.1) is 0 Å². The molecule has 0 heterocycles. The first-order valence-corrected chi connectivity index (χ1v) is 6.86. The van der Waals surface area contributed by atoms with Crippen LogP contribution in [0.2, 0.25) is 0 Å². The van der Waals surface area contributed by atoms with Gasteiger partial charge in [0.05, 0.1) is 11.3 Å². The average molecular weight is 284 g/mol. The number of aromatic carboxylic acids is 1. The molecule has 5 heteroatoms. The zero-order valence-corrected chi connectivity index (χ0v) is 11.7. The molecule has 1 aliphatic carbocycles. The summed E-state index contributed by atoms with van der Waals surface area (Å²) in [6, 6.07) is 10.8. The van der Waals surface area contributed by atoms with Gasteiger partial charge in [0.25, 0.3) is 0 Å². The number of carboxylic acids is 1. The summed E-state index contributed by atoms with van der Waals surface area (Å²) in [4.78, 5) is 25.2. The number of urea groups is 1. The minimum Gasteiger partial charge on any atom is -0.478 e. The second-order valence-electron chi connectivity index (χ2n) is 5.32. The number of carbonyl (C=O) groups is 2. The van der Waals surface area contributed by atoms with Crippen LogP contribution in [0.15, 0.2) is 36.4 Å². The fourth-order valence-corrected chi connectivity index (χ4v) is 2.35. The lowest BCUT2D eigenvalue weighted by Crippen LogP contribution is -2.33. The van der Waals surface area contributed by atoms with E-state index in [9.17, 15) is 14.7 Å². The summed E-state index contributed by atoms with van der Waals surface area (Å²) in [7, 11) is 1.73. The standard InChI is InChI=1S/C16H16N2O3/c1-18(12-6-7-12)16(21)17-14-9-11-5-3-2-4-10(11)8-13(14)15(19)20/h2-5,8-9,12H,6-7H2,1H3,(H,17,21)(H,19,20). The summed E-state index contributed by atoms with van der Waals surface area (Å²) in [5.74, 6) is -1.05. The molecule has 5 nitrogen and oxygen atoms in total. The highest BCUT2D eigenvalue weighted by Gasteiger charge is 2.30. The lowest BCUT2D eigenvalue weighted by atomic mass is 10.0. The first kappa shape index (κ1) is 13.4. The second kappa shape index (κ2) is 5.09. The Morgan fingerprint density at radius 3 is 2.38 bits per heavy atom. The Bertz CT molecular complexity index is 723. The van der Waals surface area contributed by atoms with E-state index in [0.29, 0.717) is 5.69 Å². The molecule has 0 bridgehead atoms. The van der Waals surface area contributed by atoms with Gasteiger partial charge < -0.3 is 15.3 Å². The van der Waals surface area contributed by atoms with Gasteiger partial charge in [-0.3, -0.25) is 0 Å². The molecule has 2 N–H and O–H groups in total. The monoisotopic (exact) mass is 284 g/mol. The van der Waals surface area contributed by atoms with E-state index in [1.165, 1.54) is 0 Å². The lowest BCUT2D eigenvalue weighted by molar-refractivity contribution is 0.0698. The third-order valence-corrected chi connectivity index (χ3v) is 3.77. The van der Waals surface area contributed by atoms with Gasteiger partial charge in [-0.05, 0) is 35.7 Å². The van der Waals surface area contributed by atoms with Crippen LogP contribution in [-0.2, 0) is 0 Å². The van der Waals surface area contributed by atoms with Gasteiger partial charge in [0, 0.05) is 13.1 Å². The van der Waals surface area contributed by atoms with Crippen molar-refractivity contribution in [1.29, 1.82) is 0 Å². The maximum atomic E-state index is 12.1. The molecule has 2 amide bonds. The van der Waals surface area contributed by atoms with Crippen molar-refractivity contribution in [3.63, 3.8) is 0 Å². The van der Waals surface area contributed by atoms with Crippen molar-refractivity contribution in [2.45, 2.75) is 18.9 Å². The molecule has 2 aromatic rings. The van der Waals surface area contributed by atoms with Gasteiger partial charge in [-0.25, -0.2) is 9.59 Å². The number of fused-ring (bicyclic) bond motifs is 1. The van der Waals surface area contributed by atoms with Crippen molar-refractivity contribution in [3.8, 4) is 0 Å². The van der Waals surface area contributed by atoms with E-state index in [0.717, 1.165) is 23.6 Å². The molecule has 0 radical (unpaired) electrons. The molecular weight excluding hydrogens is 268 g/mol. The van der Waals surface area contributed by atoms with Crippen LogP contribution in [-0.4, -0.2) is 35.1 Å². The highest BCUT2D eigenvalue weighted by molar-refractivity contribution is 6.04. The van der Waals surface area contributed by atoms with Crippen LogP contribution in [0.4, 0.5) is 10.5 Å². The van der Waals surface area contributed by atoms with Crippen molar-refractivity contribution in [1.82, 2.24) is 4.90 Å². The van der Waals surface area contributed by atoms with Crippen LogP contribution in [0, 0.1) is 0 Å². The Morgan fingerprint density at radius 2 is 1.81 bits per heavy atom. The molecule has 0 saturated heterocycles. The molecule has 2 aromatic carbocycles. The SMILES string of the molecule is CN(C(=O)Nc1cc2ccccc2cc1C(=O)O)C1CC1. The molecule has 0 atom stereocenters. The number of benzene rings is 2. The summed E-state index contributed by atoms with van der Waals surface area (Å²) in [6.45, 7) is 0. The number of nitrogens with zero attached hydrogens (tertiary/aromatic N) is 1. The van der Waals surface area contributed by atoms with E-state index in [2.05, 4.69) is 5.32 Å². The highest BCUT2D eigenvalue weighted by atomic mass is 16.4. The van der Waals surface area contributed by atoms with Crippen LogP contribution in [0.25, 0.3) is 10.8 Å². The molecule has 0 aromatic heterocycles. The van der Waals surface area contributed by atoms with Crippen LogP contribution < -0.4 is 5.32 Å². The Kier molecular flexibility index (Phi) is 3.25. The topological polar surface area (TPSA) is 69.6 Å². The van der Waals surface area contributed by atoms with Gasteiger partial charge in [0.2, 0.25) is 0 Å². The van der Waals surface area contributed by atoms with E-state index in [1.54, 1.807) is 24.1 Å². The molecule has 0 unspecified atom stereocenters. The number of anilines is 1. The van der Waals surface area contributed by atoms with Gasteiger partial charge in [-0.1, -0.05) is 24.3 Å². The highest BCUT2D eigenvalue weighted by Crippen LogP contribution is 2.28. The number of hydrogen-bond acceptors (Lipinski definition) is 2. The normalized spacial score (nSPS) is 14.0. The fraction of sp³-hybridized carbons (Fsp3) is 0.250. The van der Waals surface area contributed by atoms with Crippen LogP contribution in [0.1, 0.15) is 23.2 Å². The number of hydrogen-bond donors (Lipinski definition) is 2. The Balaban J connectivity index is 1.97. The largest absolute Gasteiger partial charge is 0.478 e. The zero-order valence-electron chi connectivity index (χ0n) is 11.7. The number of carboxylic acid groups (broad SMARTS) is 1. The minimum atomic E-state index is -1.05. The zero-order chi connectivity index (χ0) is 15.0. The van der Waals surface area contributed by atoms with E-state index in [-0.39, 0.29) is 17.6 Å². The van der Waals surface area contributed by atoms with Gasteiger partial charge >= 0.3 is 12.0 Å².